The summed E-state index contributed by atoms with van der Waals surface area (Å²) >= 11 is 0. The summed E-state index contributed by atoms with van der Waals surface area (Å²) in [6.07, 6.45) is -9.06. The number of hydrogen-bond acceptors (Lipinski definition) is 3. The van der Waals surface area contributed by atoms with Gasteiger partial charge in [0.2, 0.25) is 0 Å². The Balaban J connectivity index is 3.49. The molecule has 3 N–H and O–H groups in total. The fourth-order valence-corrected chi connectivity index (χ4v) is 1.54. The molecule has 106 valence electrons. The minimum absolute atomic E-state index is 0.590. The first-order valence-corrected chi connectivity index (χ1v) is 4.96. The first-order chi connectivity index (χ1) is 8.66. The molecule has 0 saturated heterocycles. The van der Waals surface area contributed by atoms with Crippen LogP contribution in [0.2, 0.25) is 0 Å². The topological polar surface area (TPSA) is 76.2 Å². The summed E-state index contributed by atoms with van der Waals surface area (Å²) in [5.41, 5.74) is 1.13. The van der Waals surface area contributed by atoms with Crippen molar-refractivity contribution in [3.63, 3.8) is 0 Å². The van der Waals surface area contributed by atoms with Gasteiger partial charge in [-0.05, 0) is 6.07 Å². The Labute approximate surface area is 104 Å². The summed E-state index contributed by atoms with van der Waals surface area (Å²) in [6, 6.07) is 0.635. The molecule has 1 aromatic heterocycles. The quantitative estimate of drug-likeness (QED) is 0.830. The van der Waals surface area contributed by atoms with Crippen LogP contribution < -0.4 is 5.73 Å². The normalized spacial score (nSPS) is 11.9. The van der Waals surface area contributed by atoms with Crippen LogP contribution in [0.3, 0.4) is 0 Å². The van der Waals surface area contributed by atoms with Gasteiger partial charge in [-0.2, -0.15) is 13.2 Å². The van der Waals surface area contributed by atoms with E-state index in [0.29, 0.717) is 6.07 Å². The van der Waals surface area contributed by atoms with E-state index < -0.39 is 54.1 Å². The van der Waals surface area contributed by atoms with Gasteiger partial charge in [0, 0.05) is 17.7 Å². The van der Waals surface area contributed by atoms with Gasteiger partial charge >= 0.3 is 12.1 Å². The lowest BCUT2D eigenvalue weighted by Gasteiger charge is -2.16. The summed E-state index contributed by atoms with van der Waals surface area (Å²) in [4.78, 5) is 13.5. The molecule has 4 nitrogen and oxygen atoms in total. The number of nitrogens with zero attached hydrogens (tertiary/aromatic N) is 1. The first-order valence-electron chi connectivity index (χ1n) is 4.96. The van der Waals surface area contributed by atoms with E-state index in [1.54, 1.807) is 0 Å². The molecule has 1 heterocycles. The smallest absolute Gasteiger partial charge is 0.433 e. The molecule has 0 aliphatic rings. The van der Waals surface area contributed by atoms with E-state index in [1.807, 2.05) is 0 Å². The number of pyridine rings is 1. The van der Waals surface area contributed by atoms with E-state index in [0.717, 1.165) is 0 Å². The molecule has 0 atom stereocenters. The van der Waals surface area contributed by atoms with E-state index in [1.165, 1.54) is 0 Å². The van der Waals surface area contributed by atoms with Gasteiger partial charge in [0.15, 0.2) is 0 Å². The van der Waals surface area contributed by atoms with Crippen LogP contribution in [0.1, 0.15) is 28.9 Å². The number of nitrogens with two attached hydrogens (primary N) is 1. The number of halogens is 5. The largest absolute Gasteiger partial charge is 0.481 e. The van der Waals surface area contributed by atoms with Crippen LogP contribution in [0.25, 0.3) is 0 Å². The summed E-state index contributed by atoms with van der Waals surface area (Å²) in [6.45, 7) is -0.769. The number of alkyl halides is 5. The third-order valence-electron chi connectivity index (χ3n) is 2.25. The first kappa shape index (κ1) is 15.3. The van der Waals surface area contributed by atoms with Crippen LogP contribution in [-0.4, -0.2) is 16.1 Å². The van der Waals surface area contributed by atoms with Crippen molar-refractivity contribution >= 4 is 5.97 Å². The molecule has 0 aliphatic heterocycles. The second kappa shape index (κ2) is 5.47. The lowest BCUT2D eigenvalue weighted by atomic mass is 10.0. The van der Waals surface area contributed by atoms with Crippen molar-refractivity contribution in [1.29, 1.82) is 0 Å². The van der Waals surface area contributed by atoms with Crippen LogP contribution in [0.4, 0.5) is 22.0 Å². The van der Waals surface area contributed by atoms with Crippen molar-refractivity contribution in [2.24, 2.45) is 5.73 Å². The van der Waals surface area contributed by atoms with Crippen LogP contribution in [0.15, 0.2) is 6.07 Å². The van der Waals surface area contributed by atoms with E-state index in [9.17, 15) is 26.7 Å². The van der Waals surface area contributed by atoms with E-state index in [-0.39, 0.29) is 0 Å². The SMILES string of the molecule is NCc1c(C(F)F)cc(CC(=O)O)nc1C(F)(F)F. The van der Waals surface area contributed by atoms with Crippen LogP contribution in [-0.2, 0) is 23.9 Å². The lowest BCUT2D eigenvalue weighted by Crippen LogP contribution is -2.19. The number of carboxylic acids is 1. The Morgan fingerprint density at radius 2 is 2.00 bits per heavy atom. The molecule has 0 aromatic carbocycles. The third kappa shape index (κ3) is 3.60. The van der Waals surface area contributed by atoms with Crippen LogP contribution >= 0.6 is 0 Å². The number of rotatable bonds is 4. The highest BCUT2D eigenvalue weighted by Gasteiger charge is 2.37. The standard InChI is InChI=1S/C10H9F5N2O2/c11-9(12)5-1-4(2-7(18)19)17-8(6(5)3-16)10(13,14)15/h1,9H,2-3,16H2,(H,18,19). The number of hydrogen-bond donors (Lipinski definition) is 2. The zero-order chi connectivity index (χ0) is 14.8. The Morgan fingerprint density at radius 1 is 1.42 bits per heavy atom. The maximum Gasteiger partial charge on any atom is 0.433 e. The van der Waals surface area contributed by atoms with Crippen molar-refractivity contribution in [1.82, 2.24) is 4.98 Å². The van der Waals surface area contributed by atoms with Gasteiger partial charge in [-0.1, -0.05) is 0 Å². The molecule has 0 radical (unpaired) electrons. The van der Waals surface area contributed by atoms with Crippen molar-refractivity contribution in [2.45, 2.75) is 25.6 Å². The van der Waals surface area contributed by atoms with E-state index >= 15 is 0 Å². The van der Waals surface area contributed by atoms with Gasteiger partial charge in [-0.15, -0.1) is 0 Å². The molecular formula is C10H9F5N2O2. The second-order valence-corrected chi connectivity index (χ2v) is 3.60. The molecule has 9 heteroatoms. The fraction of sp³-hybridized carbons (Fsp3) is 0.400. The molecule has 0 bridgehead atoms. The van der Waals surface area contributed by atoms with Gasteiger partial charge in [0.25, 0.3) is 6.43 Å². The zero-order valence-corrected chi connectivity index (χ0v) is 9.34. The molecular weight excluding hydrogens is 275 g/mol. The highest BCUT2D eigenvalue weighted by Crippen LogP contribution is 2.35. The predicted octanol–water partition coefficient (Wildman–Crippen LogP) is 2.12. The van der Waals surface area contributed by atoms with Crippen LogP contribution in [0, 0.1) is 0 Å². The molecule has 0 saturated carbocycles. The maximum absolute atomic E-state index is 12.7. The van der Waals surface area contributed by atoms with Gasteiger partial charge in [0.05, 0.1) is 12.1 Å². The molecule has 1 aromatic rings. The zero-order valence-electron chi connectivity index (χ0n) is 9.34. The summed E-state index contributed by atoms with van der Waals surface area (Å²) in [7, 11) is 0. The summed E-state index contributed by atoms with van der Waals surface area (Å²) in [5, 5.41) is 8.48. The average molecular weight is 284 g/mol. The fourth-order valence-electron chi connectivity index (χ4n) is 1.54. The number of carbonyl (C=O) groups is 1. The minimum Gasteiger partial charge on any atom is -0.481 e. The highest BCUT2D eigenvalue weighted by molar-refractivity contribution is 5.69. The van der Waals surface area contributed by atoms with Crippen molar-refractivity contribution in [3.05, 3.63) is 28.6 Å². The summed E-state index contributed by atoms with van der Waals surface area (Å²) in [5.74, 6) is -1.47. The monoisotopic (exact) mass is 284 g/mol. The van der Waals surface area contributed by atoms with Crippen molar-refractivity contribution in [3.8, 4) is 0 Å². The third-order valence-corrected chi connectivity index (χ3v) is 2.25. The second-order valence-electron chi connectivity index (χ2n) is 3.60. The molecule has 0 spiro atoms. The van der Waals surface area contributed by atoms with Crippen molar-refractivity contribution < 1.29 is 31.9 Å². The van der Waals surface area contributed by atoms with Gasteiger partial charge in [-0.3, -0.25) is 4.79 Å². The molecule has 1 rings (SSSR count). The predicted molar refractivity (Wildman–Crippen MR) is 53.4 cm³/mol. The maximum atomic E-state index is 12.7. The Bertz CT molecular complexity index is 488. The van der Waals surface area contributed by atoms with Crippen molar-refractivity contribution in [2.75, 3.05) is 0 Å². The van der Waals surface area contributed by atoms with E-state index in [2.05, 4.69) is 4.98 Å². The minimum atomic E-state index is -4.98. The Kier molecular flexibility index (Phi) is 4.40. The van der Waals surface area contributed by atoms with E-state index in [4.69, 9.17) is 10.8 Å². The highest BCUT2D eigenvalue weighted by atomic mass is 19.4. The van der Waals surface area contributed by atoms with Gasteiger partial charge in [-0.25, -0.2) is 13.8 Å². The molecule has 0 aliphatic carbocycles. The Morgan fingerprint density at radius 3 is 2.37 bits per heavy atom. The molecule has 0 unspecified atom stereocenters. The number of carboxylic acid groups (broad SMARTS) is 1. The Hall–Kier alpha value is -1.77. The number of aliphatic carboxylic acids is 1. The van der Waals surface area contributed by atoms with Crippen LogP contribution in [0.5, 0.6) is 0 Å². The lowest BCUT2D eigenvalue weighted by molar-refractivity contribution is -0.142. The molecule has 0 fully saturated rings. The average Bonchev–Trinajstić information content (AvgIpc) is 2.25. The number of aromatic nitrogens is 1. The molecule has 0 amide bonds. The van der Waals surface area contributed by atoms with Gasteiger partial charge in [0.1, 0.15) is 5.69 Å². The van der Waals surface area contributed by atoms with Gasteiger partial charge < -0.3 is 10.8 Å². The molecule has 19 heavy (non-hydrogen) atoms. The summed E-state index contributed by atoms with van der Waals surface area (Å²) < 4.78 is 63.5.